The fraction of sp³-hybridized carbons (Fsp3) is 0.727. The molecule has 0 radical (unpaired) electrons. The van der Waals surface area contributed by atoms with Gasteiger partial charge in [0, 0.05) is 20.2 Å². The van der Waals surface area contributed by atoms with Crippen molar-refractivity contribution in [2.45, 2.75) is 6.92 Å². The van der Waals surface area contributed by atoms with Crippen LogP contribution in [0.1, 0.15) is 6.92 Å². The van der Waals surface area contributed by atoms with Gasteiger partial charge in [0.1, 0.15) is 0 Å². The van der Waals surface area contributed by atoms with Gasteiger partial charge in [0.2, 0.25) is 5.91 Å². The van der Waals surface area contributed by atoms with Crippen molar-refractivity contribution >= 4 is 17.9 Å². The van der Waals surface area contributed by atoms with Crippen LogP contribution in [0.2, 0.25) is 0 Å². The summed E-state index contributed by atoms with van der Waals surface area (Å²) >= 11 is 0. The zero-order chi connectivity index (χ0) is 14.8. The van der Waals surface area contributed by atoms with Crippen LogP contribution in [0.3, 0.4) is 0 Å². The van der Waals surface area contributed by atoms with Crippen molar-refractivity contribution in [3.63, 3.8) is 0 Å². The SMILES string of the molecule is COCCNC(=O)NC(=O)CN(C)CC(C)C(=O)O. The highest BCUT2D eigenvalue weighted by Gasteiger charge is 2.16. The number of amides is 3. The van der Waals surface area contributed by atoms with Gasteiger partial charge in [0.25, 0.3) is 0 Å². The molecule has 0 heterocycles. The van der Waals surface area contributed by atoms with E-state index in [0.29, 0.717) is 13.2 Å². The first kappa shape index (κ1) is 17.3. The molecule has 3 N–H and O–H groups in total. The molecular formula is C11H21N3O5. The summed E-state index contributed by atoms with van der Waals surface area (Å²) in [4.78, 5) is 34.9. The second kappa shape index (κ2) is 9.29. The van der Waals surface area contributed by atoms with Crippen LogP contribution in [0.4, 0.5) is 4.79 Å². The fourth-order valence-corrected chi connectivity index (χ4v) is 1.33. The smallest absolute Gasteiger partial charge is 0.321 e. The molecule has 0 aliphatic carbocycles. The Morgan fingerprint density at radius 3 is 2.53 bits per heavy atom. The number of methoxy groups -OCH3 is 1. The van der Waals surface area contributed by atoms with E-state index in [1.165, 1.54) is 12.0 Å². The molecule has 0 saturated carbocycles. The predicted octanol–water partition coefficient (Wildman–Crippen LogP) is -0.889. The number of hydrogen-bond acceptors (Lipinski definition) is 5. The molecule has 0 fully saturated rings. The number of carbonyl (C=O) groups excluding carboxylic acids is 2. The number of carboxylic acid groups (broad SMARTS) is 1. The first-order valence-electron chi connectivity index (χ1n) is 5.84. The van der Waals surface area contributed by atoms with E-state index in [4.69, 9.17) is 9.84 Å². The molecule has 0 aromatic heterocycles. The molecule has 1 atom stereocenters. The number of ether oxygens (including phenoxy) is 1. The lowest BCUT2D eigenvalue weighted by Crippen LogP contribution is -2.45. The van der Waals surface area contributed by atoms with E-state index in [2.05, 4.69) is 10.6 Å². The van der Waals surface area contributed by atoms with E-state index in [1.54, 1.807) is 14.0 Å². The van der Waals surface area contributed by atoms with Crippen molar-refractivity contribution in [2.75, 3.05) is 40.4 Å². The van der Waals surface area contributed by atoms with E-state index in [9.17, 15) is 14.4 Å². The number of carbonyl (C=O) groups is 3. The summed E-state index contributed by atoms with van der Waals surface area (Å²) in [6.07, 6.45) is 0. The molecule has 0 aliphatic heterocycles. The first-order valence-corrected chi connectivity index (χ1v) is 5.84. The molecule has 19 heavy (non-hydrogen) atoms. The molecule has 8 heteroatoms. The minimum Gasteiger partial charge on any atom is -0.481 e. The molecule has 0 saturated heterocycles. The monoisotopic (exact) mass is 275 g/mol. The number of nitrogens with one attached hydrogen (secondary N) is 2. The van der Waals surface area contributed by atoms with Gasteiger partial charge in [0.05, 0.1) is 19.1 Å². The van der Waals surface area contributed by atoms with Gasteiger partial charge in [-0.3, -0.25) is 19.8 Å². The van der Waals surface area contributed by atoms with Crippen LogP contribution in [0.25, 0.3) is 0 Å². The third kappa shape index (κ3) is 8.97. The lowest BCUT2D eigenvalue weighted by Gasteiger charge is -2.18. The minimum atomic E-state index is -0.926. The maximum atomic E-state index is 11.5. The number of rotatable bonds is 8. The average Bonchev–Trinajstić information content (AvgIpc) is 2.28. The maximum Gasteiger partial charge on any atom is 0.321 e. The van der Waals surface area contributed by atoms with Crippen molar-refractivity contribution in [3.8, 4) is 0 Å². The van der Waals surface area contributed by atoms with E-state index in [-0.39, 0.29) is 13.1 Å². The largest absolute Gasteiger partial charge is 0.481 e. The van der Waals surface area contributed by atoms with Crippen LogP contribution in [-0.2, 0) is 14.3 Å². The van der Waals surface area contributed by atoms with Crippen molar-refractivity contribution in [3.05, 3.63) is 0 Å². The lowest BCUT2D eigenvalue weighted by atomic mass is 10.2. The fourth-order valence-electron chi connectivity index (χ4n) is 1.33. The number of nitrogens with zero attached hydrogens (tertiary/aromatic N) is 1. The van der Waals surface area contributed by atoms with Crippen LogP contribution in [-0.4, -0.2) is 68.3 Å². The van der Waals surface area contributed by atoms with E-state index >= 15 is 0 Å². The Balaban J connectivity index is 3.90. The highest BCUT2D eigenvalue weighted by molar-refractivity contribution is 5.95. The van der Waals surface area contributed by atoms with Gasteiger partial charge >= 0.3 is 12.0 Å². The minimum absolute atomic E-state index is 0.0463. The molecule has 1 unspecified atom stereocenters. The molecule has 0 rings (SSSR count). The number of likely N-dealkylation sites (N-methyl/N-ethyl adjacent to an activating group) is 1. The second-order valence-corrected chi connectivity index (χ2v) is 4.23. The van der Waals surface area contributed by atoms with Crippen molar-refractivity contribution in [1.29, 1.82) is 0 Å². The standard InChI is InChI=1S/C11H21N3O5/c1-8(10(16)17)6-14(2)7-9(15)13-11(18)12-4-5-19-3/h8H,4-7H2,1-3H3,(H,16,17)(H2,12,13,15,18). The van der Waals surface area contributed by atoms with Crippen molar-refractivity contribution in [2.24, 2.45) is 5.92 Å². The van der Waals surface area contributed by atoms with Gasteiger partial charge in [0.15, 0.2) is 0 Å². The molecule has 8 nitrogen and oxygen atoms in total. The molecule has 0 aliphatic rings. The Morgan fingerprint density at radius 2 is 2.00 bits per heavy atom. The van der Waals surface area contributed by atoms with Gasteiger partial charge in [-0.05, 0) is 7.05 Å². The third-order valence-corrected chi connectivity index (χ3v) is 2.27. The Morgan fingerprint density at radius 1 is 1.37 bits per heavy atom. The number of hydrogen-bond donors (Lipinski definition) is 3. The second-order valence-electron chi connectivity index (χ2n) is 4.23. The van der Waals surface area contributed by atoms with E-state index < -0.39 is 23.8 Å². The molecule has 0 aromatic rings. The number of imide groups is 1. The first-order chi connectivity index (χ1) is 8.86. The van der Waals surface area contributed by atoms with Crippen LogP contribution in [0, 0.1) is 5.92 Å². The number of urea groups is 1. The normalized spacial score (nSPS) is 12.0. The van der Waals surface area contributed by atoms with Crippen LogP contribution >= 0.6 is 0 Å². The van der Waals surface area contributed by atoms with Crippen molar-refractivity contribution in [1.82, 2.24) is 15.5 Å². The summed E-state index contributed by atoms with van der Waals surface area (Å²) in [5.41, 5.74) is 0. The summed E-state index contributed by atoms with van der Waals surface area (Å²) in [5.74, 6) is -1.99. The molecular weight excluding hydrogens is 254 g/mol. The maximum absolute atomic E-state index is 11.5. The zero-order valence-corrected chi connectivity index (χ0v) is 11.4. The third-order valence-electron chi connectivity index (χ3n) is 2.27. The molecule has 110 valence electrons. The summed E-state index contributed by atoms with van der Waals surface area (Å²) in [7, 11) is 3.12. The van der Waals surface area contributed by atoms with Crippen LogP contribution in [0.15, 0.2) is 0 Å². The summed E-state index contributed by atoms with van der Waals surface area (Å²) in [6, 6.07) is -0.596. The van der Waals surface area contributed by atoms with Gasteiger partial charge in [-0.1, -0.05) is 6.92 Å². The summed E-state index contributed by atoms with van der Waals surface area (Å²) < 4.78 is 4.74. The van der Waals surface area contributed by atoms with E-state index in [0.717, 1.165) is 0 Å². The summed E-state index contributed by atoms with van der Waals surface area (Å²) in [6.45, 7) is 2.40. The average molecular weight is 275 g/mol. The quantitative estimate of drug-likeness (QED) is 0.496. The predicted molar refractivity (Wildman–Crippen MR) is 67.7 cm³/mol. The highest BCUT2D eigenvalue weighted by Crippen LogP contribution is 1.97. The Hall–Kier alpha value is -1.67. The molecule has 0 bridgehead atoms. The summed E-state index contributed by atoms with van der Waals surface area (Å²) in [5, 5.41) is 13.3. The topological polar surface area (TPSA) is 108 Å². The molecule has 3 amide bonds. The van der Waals surface area contributed by atoms with E-state index in [1.807, 2.05) is 0 Å². The van der Waals surface area contributed by atoms with Gasteiger partial charge < -0.3 is 15.2 Å². The Kier molecular flexibility index (Phi) is 8.47. The molecule has 0 aromatic carbocycles. The van der Waals surface area contributed by atoms with Crippen LogP contribution < -0.4 is 10.6 Å². The highest BCUT2D eigenvalue weighted by atomic mass is 16.5. The van der Waals surface area contributed by atoms with Gasteiger partial charge in [-0.2, -0.15) is 0 Å². The Bertz CT molecular complexity index is 321. The van der Waals surface area contributed by atoms with Crippen LogP contribution in [0.5, 0.6) is 0 Å². The van der Waals surface area contributed by atoms with Gasteiger partial charge in [-0.25, -0.2) is 4.79 Å². The van der Waals surface area contributed by atoms with Crippen molar-refractivity contribution < 1.29 is 24.2 Å². The molecule has 0 spiro atoms. The lowest BCUT2D eigenvalue weighted by molar-refractivity contribution is -0.142. The van der Waals surface area contributed by atoms with Gasteiger partial charge in [-0.15, -0.1) is 0 Å². The Labute approximate surface area is 112 Å². The number of aliphatic carboxylic acids is 1. The zero-order valence-electron chi connectivity index (χ0n) is 11.4. The number of carboxylic acids is 1.